The van der Waals surface area contributed by atoms with E-state index in [4.69, 9.17) is 0 Å². The molecule has 2 rings (SSSR count). The molecule has 3 heteroatoms. The third-order valence-corrected chi connectivity index (χ3v) is 2.10. The molecular weight excluding hydrogens is 266 g/mol. The Morgan fingerprint density at radius 2 is 1.50 bits per heavy atom. The molecule has 0 fully saturated rings. The zero-order valence-corrected chi connectivity index (χ0v) is 10.2. The van der Waals surface area contributed by atoms with Crippen molar-refractivity contribution in [2.45, 2.75) is 0 Å². The van der Waals surface area contributed by atoms with E-state index in [1.54, 1.807) is 18.3 Å². The monoisotopic (exact) mass is 277 g/mol. The van der Waals surface area contributed by atoms with Gasteiger partial charge in [0.2, 0.25) is 5.69 Å². The predicted molar refractivity (Wildman–Crippen MR) is 60.3 cm³/mol. The van der Waals surface area contributed by atoms with Gasteiger partial charge in [-0.05, 0) is 12.1 Å². The molecule has 82 valence electrons. The number of hydrogen-bond acceptors (Lipinski definition) is 1. The Balaban J connectivity index is 0.00000128. The highest BCUT2D eigenvalue weighted by Crippen LogP contribution is 2.11. The van der Waals surface area contributed by atoms with Crippen LogP contribution in [0, 0.1) is 0 Å². The standard InChI is InChI=1S/C13H11NO.BrH/c15-13-9-5-4-6-11(13)10-14-12-7-2-1-3-8-12;/h1-10,15H;1H. The summed E-state index contributed by atoms with van der Waals surface area (Å²) in [4.78, 5) is 3.12. The Labute approximate surface area is 105 Å². The zero-order valence-electron chi connectivity index (χ0n) is 8.60. The second-order valence-electron chi connectivity index (χ2n) is 3.21. The summed E-state index contributed by atoms with van der Waals surface area (Å²) in [6, 6.07) is 17.0. The number of phenols is 1. The predicted octanol–water partition coefficient (Wildman–Crippen LogP) is -1.77. The van der Waals surface area contributed by atoms with Gasteiger partial charge in [0.15, 0.2) is 6.21 Å². The Morgan fingerprint density at radius 3 is 2.19 bits per heavy atom. The third kappa shape index (κ3) is 3.21. The highest BCUT2D eigenvalue weighted by molar-refractivity contribution is 5.79. The average Bonchev–Trinajstić information content (AvgIpc) is 2.29. The van der Waals surface area contributed by atoms with Crippen LogP contribution in [0.3, 0.4) is 0 Å². The summed E-state index contributed by atoms with van der Waals surface area (Å²) in [7, 11) is 0. The molecule has 0 aromatic heterocycles. The van der Waals surface area contributed by atoms with E-state index in [0.29, 0.717) is 0 Å². The van der Waals surface area contributed by atoms with Crippen LogP contribution in [-0.4, -0.2) is 11.3 Å². The number of nitrogens with one attached hydrogen (secondary N) is 1. The van der Waals surface area contributed by atoms with Gasteiger partial charge in [-0.3, -0.25) is 0 Å². The summed E-state index contributed by atoms with van der Waals surface area (Å²) in [6.45, 7) is 0. The van der Waals surface area contributed by atoms with Crippen LogP contribution in [-0.2, 0) is 0 Å². The van der Waals surface area contributed by atoms with Crippen molar-refractivity contribution in [2.75, 3.05) is 0 Å². The molecule has 0 aliphatic rings. The van der Waals surface area contributed by atoms with Crippen LogP contribution in [0.2, 0.25) is 0 Å². The van der Waals surface area contributed by atoms with E-state index in [1.807, 2.05) is 42.5 Å². The van der Waals surface area contributed by atoms with Crippen LogP contribution in [0.5, 0.6) is 5.75 Å². The highest BCUT2D eigenvalue weighted by atomic mass is 79.9. The van der Waals surface area contributed by atoms with Gasteiger partial charge in [-0.1, -0.05) is 30.3 Å². The Hall–Kier alpha value is -1.61. The first-order chi connectivity index (χ1) is 7.36. The van der Waals surface area contributed by atoms with Crippen LogP contribution in [0.1, 0.15) is 5.56 Å². The lowest BCUT2D eigenvalue weighted by Crippen LogP contribution is -3.00. The van der Waals surface area contributed by atoms with Crippen molar-refractivity contribution in [3.05, 3.63) is 60.2 Å². The summed E-state index contributed by atoms with van der Waals surface area (Å²) in [6.07, 6.45) is 1.78. The molecule has 16 heavy (non-hydrogen) atoms. The smallest absolute Gasteiger partial charge is 0.203 e. The second-order valence-corrected chi connectivity index (χ2v) is 3.21. The summed E-state index contributed by atoms with van der Waals surface area (Å²) in [5, 5.41) is 9.52. The molecular formula is C13H12BrNO. The first-order valence-corrected chi connectivity index (χ1v) is 4.79. The zero-order chi connectivity index (χ0) is 10.5. The highest BCUT2D eigenvalue weighted by Gasteiger charge is 1.98. The van der Waals surface area contributed by atoms with Gasteiger partial charge in [0.1, 0.15) is 5.75 Å². The molecule has 0 atom stereocenters. The minimum absolute atomic E-state index is 0. The number of para-hydroxylation sites is 2. The molecule has 0 saturated heterocycles. The van der Waals surface area contributed by atoms with E-state index in [0.717, 1.165) is 11.3 Å². The molecule has 0 aliphatic carbocycles. The summed E-state index contributed by atoms with van der Waals surface area (Å²) < 4.78 is 0. The van der Waals surface area contributed by atoms with Gasteiger partial charge < -0.3 is 22.1 Å². The maximum Gasteiger partial charge on any atom is 0.203 e. The molecule has 0 unspecified atom stereocenters. The molecule has 2 N–H and O–H groups in total. The molecule has 0 bridgehead atoms. The first-order valence-electron chi connectivity index (χ1n) is 4.79. The average molecular weight is 278 g/mol. The number of aromatic hydroxyl groups is 1. The van der Waals surface area contributed by atoms with Gasteiger partial charge in [-0.25, -0.2) is 4.99 Å². The maximum absolute atomic E-state index is 9.52. The molecule has 0 heterocycles. The van der Waals surface area contributed by atoms with Gasteiger partial charge in [0, 0.05) is 12.1 Å². The van der Waals surface area contributed by atoms with Crippen LogP contribution in [0.25, 0.3) is 0 Å². The van der Waals surface area contributed by atoms with Gasteiger partial charge >= 0.3 is 0 Å². The van der Waals surface area contributed by atoms with Crippen LogP contribution >= 0.6 is 0 Å². The fourth-order valence-electron chi connectivity index (χ4n) is 1.31. The number of hydrogen-bond donors (Lipinski definition) is 2. The van der Waals surface area contributed by atoms with Gasteiger partial charge in [-0.15, -0.1) is 0 Å². The Kier molecular flexibility index (Phi) is 4.73. The van der Waals surface area contributed by atoms with Crippen molar-refractivity contribution in [2.24, 2.45) is 0 Å². The minimum Gasteiger partial charge on any atom is -1.00 e. The fraction of sp³-hybridized carbons (Fsp3) is 0. The molecule has 0 aliphatic heterocycles. The van der Waals surface area contributed by atoms with Crippen molar-refractivity contribution >= 4 is 11.9 Å². The number of halogens is 1. The third-order valence-electron chi connectivity index (χ3n) is 2.10. The van der Waals surface area contributed by atoms with E-state index >= 15 is 0 Å². The normalized spacial score (nSPS) is 10.0. The maximum atomic E-state index is 9.52. The van der Waals surface area contributed by atoms with E-state index in [1.165, 1.54) is 0 Å². The SMILES string of the molecule is Oc1ccccc1C=[NH+]c1ccccc1.[Br-]. The van der Waals surface area contributed by atoms with E-state index in [9.17, 15) is 5.11 Å². The molecule has 2 aromatic rings. The van der Waals surface area contributed by atoms with Gasteiger partial charge in [0.05, 0.1) is 5.56 Å². The first kappa shape index (κ1) is 12.5. The van der Waals surface area contributed by atoms with Gasteiger partial charge in [0.25, 0.3) is 0 Å². The number of benzene rings is 2. The molecule has 0 spiro atoms. The molecule has 0 radical (unpaired) electrons. The van der Waals surface area contributed by atoms with Crippen molar-refractivity contribution < 1.29 is 27.1 Å². The van der Waals surface area contributed by atoms with E-state index in [2.05, 4.69) is 4.99 Å². The van der Waals surface area contributed by atoms with Crippen LogP contribution in [0.15, 0.2) is 54.6 Å². The minimum atomic E-state index is 0. The van der Waals surface area contributed by atoms with Gasteiger partial charge in [-0.2, -0.15) is 0 Å². The summed E-state index contributed by atoms with van der Waals surface area (Å²) in [5.74, 6) is 0.279. The molecule has 0 saturated carbocycles. The lowest BCUT2D eigenvalue weighted by molar-refractivity contribution is -0.346. The Bertz CT molecular complexity index is 468. The molecule has 2 aromatic carbocycles. The number of rotatable bonds is 2. The quantitative estimate of drug-likeness (QED) is 0.626. The lowest BCUT2D eigenvalue weighted by atomic mass is 10.2. The van der Waals surface area contributed by atoms with E-state index in [-0.39, 0.29) is 22.7 Å². The summed E-state index contributed by atoms with van der Waals surface area (Å²) in [5.41, 5.74) is 1.78. The topological polar surface area (TPSA) is 34.2 Å². The van der Waals surface area contributed by atoms with Crippen LogP contribution in [0.4, 0.5) is 5.69 Å². The fourth-order valence-corrected chi connectivity index (χ4v) is 1.31. The lowest BCUT2D eigenvalue weighted by Gasteiger charge is -1.92. The van der Waals surface area contributed by atoms with Crippen molar-refractivity contribution in [1.29, 1.82) is 0 Å². The number of phenolic OH excluding ortho intramolecular Hbond substituents is 1. The molecule has 2 nitrogen and oxygen atoms in total. The van der Waals surface area contributed by atoms with Crippen molar-refractivity contribution in [1.82, 2.24) is 0 Å². The summed E-state index contributed by atoms with van der Waals surface area (Å²) >= 11 is 0. The van der Waals surface area contributed by atoms with Crippen molar-refractivity contribution in [3.63, 3.8) is 0 Å². The molecule has 0 amide bonds. The second kappa shape index (κ2) is 6.08. The van der Waals surface area contributed by atoms with Crippen molar-refractivity contribution in [3.8, 4) is 5.75 Å². The Morgan fingerprint density at radius 1 is 0.875 bits per heavy atom. The van der Waals surface area contributed by atoms with Crippen LogP contribution < -0.4 is 22.0 Å². The largest absolute Gasteiger partial charge is 1.00 e. The van der Waals surface area contributed by atoms with E-state index < -0.39 is 0 Å².